The molecule has 1 unspecified atom stereocenters. The Morgan fingerprint density at radius 1 is 1.05 bits per heavy atom. The zero-order chi connectivity index (χ0) is 27.7. The third-order valence-electron chi connectivity index (χ3n) is 6.61. The normalized spacial score (nSPS) is 13.2. The molecule has 1 N–H and O–H groups in total. The smallest absolute Gasteiger partial charge is 0.242 e. The lowest BCUT2D eigenvalue weighted by atomic mass is 10.1. The van der Waals surface area contributed by atoms with Crippen molar-refractivity contribution < 1.29 is 27.5 Å². The van der Waals surface area contributed by atoms with Crippen molar-refractivity contribution in [3.63, 3.8) is 0 Å². The van der Waals surface area contributed by atoms with E-state index >= 15 is 0 Å². The number of hydrogen-bond acceptors (Lipinski definition) is 6. The van der Waals surface area contributed by atoms with Gasteiger partial charge in [0.15, 0.2) is 11.5 Å². The predicted molar refractivity (Wildman–Crippen MR) is 148 cm³/mol. The Labute approximate surface area is 226 Å². The average Bonchev–Trinajstić information content (AvgIpc) is 3.35. The summed E-state index contributed by atoms with van der Waals surface area (Å²) in [6.07, 6.45) is 3.83. The maximum absolute atomic E-state index is 13.6. The Kier molecular flexibility index (Phi) is 10.4. The summed E-state index contributed by atoms with van der Waals surface area (Å²) in [6.45, 7) is 7.01. The number of carbonyl (C=O) groups excluding carboxylic acids is 2. The Bertz CT molecular complexity index is 1220. The molecule has 2 aromatic rings. The molecule has 1 aliphatic rings. The molecule has 1 heterocycles. The summed E-state index contributed by atoms with van der Waals surface area (Å²) in [4.78, 5) is 28.2. The lowest BCUT2D eigenvalue weighted by Crippen LogP contribution is -2.49. The molecule has 2 aromatic carbocycles. The van der Waals surface area contributed by atoms with Crippen LogP contribution in [0.3, 0.4) is 0 Å². The van der Waals surface area contributed by atoms with E-state index in [1.807, 2.05) is 38.1 Å². The van der Waals surface area contributed by atoms with E-state index in [2.05, 4.69) is 12.2 Å². The maximum Gasteiger partial charge on any atom is 0.242 e. The molecule has 2 amide bonds. The molecule has 0 spiro atoms. The number of nitrogens with zero attached hydrogens (tertiary/aromatic N) is 2. The quantitative estimate of drug-likeness (QED) is 0.360. The van der Waals surface area contributed by atoms with Gasteiger partial charge in [-0.25, -0.2) is 8.42 Å². The van der Waals surface area contributed by atoms with Crippen LogP contribution in [0.2, 0.25) is 0 Å². The summed E-state index contributed by atoms with van der Waals surface area (Å²) in [7, 11) is -3.61. The lowest BCUT2D eigenvalue weighted by Gasteiger charge is -2.31. The van der Waals surface area contributed by atoms with Crippen LogP contribution in [0, 0.1) is 6.92 Å². The van der Waals surface area contributed by atoms with E-state index in [-0.39, 0.29) is 31.6 Å². The first-order valence-corrected chi connectivity index (χ1v) is 15.0. The Morgan fingerprint density at radius 2 is 1.79 bits per heavy atom. The molecular weight excluding hydrogens is 506 g/mol. The van der Waals surface area contributed by atoms with Gasteiger partial charge >= 0.3 is 0 Å². The van der Waals surface area contributed by atoms with E-state index in [1.54, 1.807) is 23.1 Å². The third kappa shape index (κ3) is 7.63. The number of benzene rings is 2. The van der Waals surface area contributed by atoms with Crippen molar-refractivity contribution >= 4 is 27.5 Å². The fourth-order valence-corrected chi connectivity index (χ4v) is 5.40. The number of unbranched alkanes of at least 4 members (excludes halogenated alkanes) is 1. The number of rotatable bonds is 14. The zero-order valence-electron chi connectivity index (χ0n) is 22.7. The van der Waals surface area contributed by atoms with Crippen molar-refractivity contribution in [3.8, 4) is 11.5 Å². The van der Waals surface area contributed by atoms with Crippen LogP contribution in [-0.4, -0.2) is 57.3 Å². The number of ether oxygens (including phenoxy) is 2. The molecule has 9 nitrogen and oxygen atoms in total. The van der Waals surface area contributed by atoms with Crippen LogP contribution in [0.15, 0.2) is 42.5 Å². The zero-order valence-corrected chi connectivity index (χ0v) is 23.6. The first kappa shape index (κ1) is 29.3. The fraction of sp³-hybridized carbons (Fsp3) is 0.500. The molecule has 0 fully saturated rings. The van der Waals surface area contributed by atoms with Gasteiger partial charge in [-0.3, -0.25) is 13.9 Å². The van der Waals surface area contributed by atoms with E-state index in [1.165, 1.54) is 4.31 Å². The maximum atomic E-state index is 13.6. The van der Waals surface area contributed by atoms with E-state index in [0.717, 1.165) is 30.2 Å². The van der Waals surface area contributed by atoms with Gasteiger partial charge in [-0.15, -0.1) is 0 Å². The molecule has 0 saturated heterocycles. The molecule has 0 aliphatic carbocycles. The molecule has 0 saturated carbocycles. The number of nitrogens with one attached hydrogen (secondary N) is 1. The number of aryl methyl sites for hydroxylation is 1. The largest absolute Gasteiger partial charge is 0.454 e. The minimum atomic E-state index is -3.61. The van der Waals surface area contributed by atoms with Crippen LogP contribution in [0.4, 0.5) is 5.69 Å². The number of sulfonamides is 1. The average molecular weight is 546 g/mol. The number of hydrogen-bond donors (Lipinski definition) is 1. The molecule has 1 atom stereocenters. The Balaban J connectivity index is 1.75. The first-order chi connectivity index (χ1) is 18.2. The van der Waals surface area contributed by atoms with Crippen molar-refractivity contribution in [1.29, 1.82) is 0 Å². The molecular formula is C28H39N3O6S. The van der Waals surface area contributed by atoms with E-state index in [0.29, 0.717) is 43.1 Å². The van der Waals surface area contributed by atoms with Gasteiger partial charge in [0.05, 0.1) is 11.9 Å². The Morgan fingerprint density at radius 3 is 2.47 bits per heavy atom. The summed E-state index contributed by atoms with van der Waals surface area (Å²) in [5.74, 6) is 0.689. The van der Waals surface area contributed by atoms with E-state index in [4.69, 9.17) is 9.47 Å². The number of amides is 2. The van der Waals surface area contributed by atoms with Gasteiger partial charge in [0.25, 0.3) is 0 Å². The summed E-state index contributed by atoms with van der Waals surface area (Å²) >= 11 is 0. The molecule has 0 radical (unpaired) electrons. The minimum Gasteiger partial charge on any atom is -0.454 e. The fourth-order valence-electron chi connectivity index (χ4n) is 4.44. The highest BCUT2D eigenvalue weighted by atomic mass is 32.2. The second-order valence-corrected chi connectivity index (χ2v) is 11.4. The molecule has 10 heteroatoms. The number of anilines is 1. The molecule has 208 valence electrons. The molecule has 3 rings (SSSR count). The van der Waals surface area contributed by atoms with Gasteiger partial charge in [-0.2, -0.15) is 0 Å². The van der Waals surface area contributed by atoms with Crippen LogP contribution >= 0.6 is 0 Å². The topological polar surface area (TPSA) is 105 Å². The van der Waals surface area contributed by atoms with Crippen LogP contribution in [0.5, 0.6) is 11.5 Å². The highest BCUT2D eigenvalue weighted by molar-refractivity contribution is 7.92. The van der Waals surface area contributed by atoms with Crippen LogP contribution in [-0.2, 0) is 26.2 Å². The summed E-state index contributed by atoms with van der Waals surface area (Å²) in [5, 5.41) is 2.96. The van der Waals surface area contributed by atoms with Crippen molar-refractivity contribution in [3.05, 3.63) is 53.6 Å². The van der Waals surface area contributed by atoms with Crippen LogP contribution < -0.4 is 19.1 Å². The van der Waals surface area contributed by atoms with Gasteiger partial charge in [0, 0.05) is 32.1 Å². The number of carbonyl (C=O) groups is 2. The van der Waals surface area contributed by atoms with Crippen LogP contribution in [0.25, 0.3) is 0 Å². The first-order valence-electron chi connectivity index (χ1n) is 13.1. The van der Waals surface area contributed by atoms with Crippen molar-refractivity contribution in [1.82, 2.24) is 10.2 Å². The molecule has 1 aliphatic heterocycles. The minimum absolute atomic E-state index is 0.0908. The van der Waals surface area contributed by atoms with Crippen LogP contribution in [0.1, 0.15) is 57.1 Å². The van der Waals surface area contributed by atoms with Gasteiger partial charge < -0.3 is 19.7 Å². The monoisotopic (exact) mass is 545 g/mol. The van der Waals surface area contributed by atoms with Gasteiger partial charge in [-0.1, -0.05) is 44.5 Å². The second-order valence-electron chi connectivity index (χ2n) is 9.49. The Hall–Kier alpha value is -3.27. The molecule has 38 heavy (non-hydrogen) atoms. The molecule has 0 aromatic heterocycles. The van der Waals surface area contributed by atoms with Crippen molar-refractivity contribution in [2.75, 3.05) is 30.4 Å². The van der Waals surface area contributed by atoms with Gasteiger partial charge in [0.2, 0.25) is 28.6 Å². The van der Waals surface area contributed by atoms with E-state index in [9.17, 15) is 18.0 Å². The highest BCUT2D eigenvalue weighted by Gasteiger charge is 2.29. The van der Waals surface area contributed by atoms with Crippen molar-refractivity contribution in [2.45, 2.75) is 65.5 Å². The van der Waals surface area contributed by atoms with Gasteiger partial charge in [0.1, 0.15) is 6.04 Å². The molecule has 0 bridgehead atoms. The summed E-state index contributed by atoms with van der Waals surface area (Å²) < 4.78 is 37.2. The standard InChI is InChI=1S/C28H39N3O6S/c1-5-7-16-29-28(33)24(6-2)30(19-22-12-9-8-11-21(22)3)27(32)13-10-17-31(38(4,34)35)23-14-15-25-26(18-23)37-20-36-25/h8-9,11-12,14-15,18,24H,5-7,10,13,16-17,19-20H2,1-4H3,(H,29,33). The highest BCUT2D eigenvalue weighted by Crippen LogP contribution is 2.36. The third-order valence-corrected chi connectivity index (χ3v) is 7.81. The van der Waals surface area contributed by atoms with E-state index < -0.39 is 16.1 Å². The van der Waals surface area contributed by atoms with Gasteiger partial charge in [-0.05, 0) is 49.4 Å². The second kappa shape index (κ2) is 13.5. The van der Waals surface area contributed by atoms with Crippen molar-refractivity contribution in [2.24, 2.45) is 0 Å². The predicted octanol–water partition coefficient (Wildman–Crippen LogP) is 3.99. The summed E-state index contributed by atoms with van der Waals surface area (Å²) in [6, 6.07) is 12.2. The lowest BCUT2D eigenvalue weighted by molar-refractivity contribution is -0.141. The summed E-state index contributed by atoms with van der Waals surface area (Å²) in [5.41, 5.74) is 2.46. The number of fused-ring (bicyclic) bond motifs is 1. The SMILES string of the molecule is CCCCNC(=O)C(CC)N(Cc1ccccc1C)C(=O)CCCN(c1ccc2c(c1)OCO2)S(C)(=O)=O.